The maximum absolute atomic E-state index is 12.7. The number of nitrogens with zero attached hydrogens (tertiary/aromatic N) is 2. The number of alkyl halides is 3. The molecule has 0 saturated heterocycles. The van der Waals surface area contributed by atoms with Crippen molar-refractivity contribution in [3.8, 4) is 0 Å². The summed E-state index contributed by atoms with van der Waals surface area (Å²) in [6.07, 6.45) is -3.02. The van der Waals surface area contributed by atoms with Crippen LogP contribution in [-0.2, 0) is 12.7 Å². The Hall–Kier alpha value is -2.40. The van der Waals surface area contributed by atoms with E-state index in [0.717, 1.165) is 21.5 Å². The molecule has 0 aliphatic rings. The van der Waals surface area contributed by atoms with Gasteiger partial charge in [-0.1, -0.05) is 6.07 Å². The number of amides is 2. The fourth-order valence-corrected chi connectivity index (χ4v) is 3.27. The van der Waals surface area contributed by atoms with Crippen molar-refractivity contribution in [3.63, 3.8) is 0 Å². The van der Waals surface area contributed by atoms with Crippen LogP contribution in [-0.4, -0.2) is 11.3 Å². The maximum atomic E-state index is 12.7. The summed E-state index contributed by atoms with van der Waals surface area (Å²) >= 11 is 4.89. The molecule has 2 amide bonds. The van der Waals surface area contributed by atoms with Crippen LogP contribution < -0.4 is 15.3 Å². The van der Waals surface area contributed by atoms with E-state index >= 15 is 0 Å². The minimum Gasteiger partial charge on any atom is -0.308 e. The lowest BCUT2D eigenvalue weighted by atomic mass is 10.2. The van der Waals surface area contributed by atoms with Gasteiger partial charge in [0.15, 0.2) is 0 Å². The Kier molecular flexibility index (Phi) is 5.28. The van der Waals surface area contributed by atoms with E-state index in [4.69, 9.17) is 4.52 Å². The van der Waals surface area contributed by atoms with Crippen LogP contribution in [0.2, 0.25) is 0 Å². The minimum absolute atomic E-state index is 0.00726. The quantitative estimate of drug-likeness (QED) is 0.578. The lowest BCUT2D eigenvalue weighted by Gasteiger charge is -2.09. The summed E-state index contributed by atoms with van der Waals surface area (Å²) in [5.74, 6) is 0.0590. The second-order valence-corrected chi connectivity index (χ2v) is 7.47. The van der Waals surface area contributed by atoms with Gasteiger partial charge in [-0.2, -0.15) is 13.2 Å². The van der Waals surface area contributed by atoms with E-state index in [1.807, 2.05) is 11.4 Å². The van der Waals surface area contributed by atoms with Crippen LogP contribution in [0.15, 0.2) is 50.2 Å². The van der Waals surface area contributed by atoms with E-state index in [1.165, 1.54) is 34.3 Å². The van der Waals surface area contributed by atoms with Gasteiger partial charge in [0.05, 0.1) is 9.35 Å². The zero-order valence-electron chi connectivity index (χ0n) is 12.9. The predicted octanol–water partition coefficient (Wildman–Crippen LogP) is 4.50. The van der Waals surface area contributed by atoms with Crippen LogP contribution in [0, 0.1) is 0 Å². The SMILES string of the molecule is O=C(Nc1cccc(C(F)(F)F)c1)Nc1c[n+](Cc2csc(Br)c2)no1. The van der Waals surface area contributed by atoms with Gasteiger partial charge in [-0.15, -0.1) is 11.3 Å². The van der Waals surface area contributed by atoms with E-state index in [1.54, 1.807) is 0 Å². The molecule has 0 unspecified atom stereocenters. The third-order valence-corrected chi connectivity index (χ3v) is 4.71. The first-order valence-electron chi connectivity index (χ1n) is 7.14. The minimum atomic E-state index is -4.48. The standard InChI is InChI=1S/C15H10BrF3N4O2S/c16-12-4-9(8-26-12)6-23-7-13(25-22-23)21-14(24)20-11-3-1-2-10(5-11)15(17,18)19/h1-5,7-8H,6H2,(H-,20,21,22,24)/p+1. The highest BCUT2D eigenvalue weighted by molar-refractivity contribution is 9.11. The number of nitrogens with one attached hydrogen (secondary N) is 2. The molecule has 2 aromatic heterocycles. The molecule has 2 N–H and O–H groups in total. The molecule has 0 atom stereocenters. The smallest absolute Gasteiger partial charge is 0.308 e. The van der Waals surface area contributed by atoms with Crippen molar-refractivity contribution in [1.29, 1.82) is 0 Å². The van der Waals surface area contributed by atoms with Crippen molar-refractivity contribution < 1.29 is 27.2 Å². The molecule has 0 bridgehead atoms. The average molecular weight is 448 g/mol. The molecular formula is C15H11BrF3N4O2S+. The van der Waals surface area contributed by atoms with Crippen molar-refractivity contribution in [2.45, 2.75) is 12.7 Å². The Morgan fingerprint density at radius 2 is 2.12 bits per heavy atom. The van der Waals surface area contributed by atoms with Gasteiger partial charge >= 0.3 is 18.1 Å². The summed E-state index contributed by atoms with van der Waals surface area (Å²) in [6.45, 7) is 0.447. The number of urea groups is 1. The molecule has 26 heavy (non-hydrogen) atoms. The third kappa shape index (κ3) is 4.82. The van der Waals surface area contributed by atoms with Gasteiger partial charge in [0, 0.05) is 16.6 Å². The van der Waals surface area contributed by atoms with Crippen molar-refractivity contribution in [3.05, 3.63) is 56.8 Å². The number of hydrogen-bond donors (Lipinski definition) is 2. The Labute approximate surface area is 157 Å². The van der Waals surface area contributed by atoms with Gasteiger partial charge in [0.1, 0.15) is 0 Å². The zero-order valence-corrected chi connectivity index (χ0v) is 15.3. The fraction of sp³-hybridized carbons (Fsp3) is 0.133. The van der Waals surface area contributed by atoms with Gasteiger partial charge in [-0.25, -0.2) is 4.79 Å². The number of rotatable bonds is 4. The topological polar surface area (TPSA) is 71.0 Å². The van der Waals surface area contributed by atoms with Crippen LogP contribution in [0.3, 0.4) is 0 Å². The number of hydrogen-bond acceptors (Lipinski definition) is 4. The molecule has 0 saturated carbocycles. The van der Waals surface area contributed by atoms with Crippen molar-refractivity contribution in [1.82, 2.24) is 5.27 Å². The molecular weight excluding hydrogens is 437 g/mol. The van der Waals surface area contributed by atoms with E-state index in [-0.39, 0.29) is 11.6 Å². The second-order valence-electron chi connectivity index (χ2n) is 5.18. The van der Waals surface area contributed by atoms with Gasteiger partial charge in [-0.3, -0.25) is 9.84 Å². The van der Waals surface area contributed by atoms with Gasteiger partial charge < -0.3 is 5.32 Å². The van der Waals surface area contributed by atoms with E-state index in [0.29, 0.717) is 6.54 Å². The number of thiophene rings is 1. The second kappa shape index (κ2) is 7.46. The molecule has 0 aliphatic heterocycles. The van der Waals surface area contributed by atoms with Gasteiger partial charge in [0.2, 0.25) is 11.8 Å². The molecule has 0 aliphatic carbocycles. The summed E-state index contributed by atoms with van der Waals surface area (Å²) in [5, 5.41) is 10.4. The van der Waals surface area contributed by atoms with Crippen molar-refractivity contribution >= 4 is 44.9 Å². The predicted molar refractivity (Wildman–Crippen MR) is 91.9 cm³/mol. The van der Waals surface area contributed by atoms with Crippen LogP contribution in [0.25, 0.3) is 0 Å². The van der Waals surface area contributed by atoms with Gasteiger partial charge in [-0.05, 0) is 44.9 Å². The number of halogens is 4. The first-order valence-corrected chi connectivity index (χ1v) is 8.81. The van der Waals surface area contributed by atoms with E-state index in [2.05, 4.69) is 31.8 Å². The molecule has 0 radical (unpaired) electrons. The zero-order chi connectivity index (χ0) is 18.7. The van der Waals surface area contributed by atoms with E-state index in [9.17, 15) is 18.0 Å². The van der Waals surface area contributed by atoms with Crippen LogP contribution in [0.5, 0.6) is 0 Å². The summed E-state index contributed by atoms with van der Waals surface area (Å²) < 4.78 is 45.5. The number of benzene rings is 1. The highest BCUT2D eigenvalue weighted by Gasteiger charge is 2.30. The Morgan fingerprint density at radius 1 is 1.31 bits per heavy atom. The summed E-state index contributed by atoms with van der Waals surface area (Å²) in [6, 6.07) is 5.51. The molecule has 11 heteroatoms. The molecule has 1 aromatic carbocycles. The van der Waals surface area contributed by atoms with E-state index < -0.39 is 17.8 Å². The molecule has 3 aromatic rings. The Morgan fingerprint density at radius 3 is 2.81 bits per heavy atom. The Balaban J connectivity index is 1.60. The summed E-state index contributed by atoms with van der Waals surface area (Å²) in [7, 11) is 0. The van der Waals surface area contributed by atoms with Crippen LogP contribution in [0.1, 0.15) is 11.1 Å². The molecule has 2 heterocycles. The van der Waals surface area contributed by atoms with Crippen molar-refractivity contribution in [2.24, 2.45) is 0 Å². The van der Waals surface area contributed by atoms with Crippen molar-refractivity contribution in [2.75, 3.05) is 10.6 Å². The largest absolute Gasteiger partial charge is 0.416 e. The molecule has 0 spiro atoms. The van der Waals surface area contributed by atoms with Crippen LogP contribution >= 0.6 is 27.3 Å². The normalized spacial score (nSPS) is 11.4. The monoisotopic (exact) mass is 447 g/mol. The summed E-state index contributed by atoms with van der Waals surface area (Å²) in [5.41, 5.74) is 0.155. The fourth-order valence-electron chi connectivity index (χ4n) is 2.07. The molecule has 3 rings (SSSR count). The molecule has 0 fully saturated rings. The molecule has 6 nitrogen and oxygen atoms in total. The lowest BCUT2D eigenvalue weighted by Crippen LogP contribution is -2.35. The Bertz CT molecular complexity index is 926. The highest BCUT2D eigenvalue weighted by Crippen LogP contribution is 2.30. The van der Waals surface area contributed by atoms with Gasteiger partial charge in [0.25, 0.3) is 6.20 Å². The number of anilines is 2. The number of aromatic nitrogens is 2. The third-order valence-electron chi connectivity index (χ3n) is 3.16. The first-order chi connectivity index (χ1) is 12.3. The maximum Gasteiger partial charge on any atom is 0.416 e. The summed E-state index contributed by atoms with van der Waals surface area (Å²) in [4.78, 5) is 11.9. The number of carbonyl (C=O) groups excluding carboxylic acids is 1. The molecule has 136 valence electrons. The van der Waals surface area contributed by atoms with Crippen LogP contribution in [0.4, 0.5) is 29.5 Å². The average Bonchev–Trinajstić information content (AvgIpc) is 3.16. The first kappa shape index (κ1) is 18.4. The highest BCUT2D eigenvalue weighted by atomic mass is 79.9. The number of carbonyl (C=O) groups is 1. The lowest BCUT2D eigenvalue weighted by molar-refractivity contribution is -0.754.